The van der Waals surface area contributed by atoms with E-state index in [-0.39, 0.29) is 24.5 Å². The Morgan fingerprint density at radius 1 is 1.06 bits per heavy atom. The molecule has 3 rings (SSSR count). The molecule has 1 saturated carbocycles. The van der Waals surface area contributed by atoms with Crippen molar-refractivity contribution in [3.05, 3.63) is 65.2 Å². The van der Waals surface area contributed by atoms with Gasteiger partial charge in [0.25, 0.3) is 5.91 Å². The van der Waals surface area contributed by atoms with Gasteiger partial charge in [0.2, 0.25) is 5.91 Å². The fourth-order valence-corrected chi connectivity index (χ4v) is 4.06. The van der Waals surface area contributed by atoms with Gasteiger partial charge in [0.15, 0.2) is 6.61 Å². The Morgan fingerprint density at radius 3 is 2.48 bits per heavy atom. The highest BCUT2D eigenvalue weighted by molar-refractivity contribution is 5.88. The monoisotopic (exact) mass is 422 g/mol. The average Bonchev–Trinajstić information content (AvgIpc) is 3.28. The smallest absolute Gasteiger partial charge is 0.261 e. The number of nitrogens with one attached hydrogen (secondary N) is 1. The molecule has 1 N–H and O–H groups in total. The van der Waals surface area contributed by atoms with Gasteiger partial charge >= 0.3 is 0 Å². The van der Waals surface area contributed by atoms with Crippen LogP contribution >= 0.6 is 0 Å². The summed E-state index contributed by atoms with van der Waals surface area (Å²) in [7, 11) is 0. The Balaban J connectivity index is 1.67. The number of hydrogen-bond acceptors (Lipinski definition) is 3. The van der Waals surface area contributed by atoms with Crippen molar-refractivity contribution in [1.29, 1.82) is 0 Å². The Bertz CT molecular complexity index is 875. The molecular formula is C26H34N2O3. The Labute approximate surface area is 185 Å². The second-order valence-electron chi connectivity index (χ2n) is 8.48. The molecule has 1 aliphatic rings. The topological polar surface area (TPSA) is 58.6 Å². The molecule has 1 atom stereocenters. The molecule has 166 valence electrons. The molecule has 1 unspecified atom stereocenters. The maximum atomic E-state index is 13.1. The lowest BCUT2D eigenvalue weighted by molar-refractivity contribution is -0.141. The number of carbonyl (C=O) groups is 2. The highest BCUT2D eigenvalue weighted by Gasteiger charge is 2.28. The van der Waals surface area contributed by atoms with Crippen LogP contribution in [0.15, 0.2) is 48.5 Å². The fourth-order valence-electron chi connectivity index (χ4n) is 4.06. The lowest BCUT2D eigenvalue weighted by atomic mass is 10.1. The number of nitrogens with zero attached hydrogens (tertiary/aromatic N) is 1. The number of benzene rings is 2. The molecule has 2 amide bonds. The standard InChI is InChI=1S/C26H34N2O3/c1-19-10-9-15-24(20(19)2)31-18-25(29)28(17-16-22-11-5-4-6-12-22)21(3)26(30)27-23-13-7-8-14-23/h4-6,9-12,15,21,23H,7-8,13-14,16-18H2,1-3H3,(H,27,30). The van der Waals surface area contributed by atoms with E-state index in [1.807, 2.05) is 69.3 Å². The van der Waals surface area contributed by atoms with Crippen LogP contribution in [-0.2, 0) is 16.0 Å². The molecule has 0 bridgehead atoms. The van der Waals surface area contributed by atoms with Crippen LogP contribution in [0, 0.1) is 13.8 Å². The molecule has 0 heterocycles. The van der Waals surface area contributed by atoms with Crippen LogP contribution in [0.5, 0.6) is 5.75 Å². The highest BCUT2D eigenvalue weighted by Crippen LogP contribution is 2.21. The lowest BCUT2D eigenvalue weighted by Crippen LogP contribution is -2.51. The number of aryl methyl sites for hydroxylation is 1. The van der Waals surface area contributed by atoms with Gasteiger partial charge in [-0.25, -0.2) is 0 Å². The molecule has 1 aliphatic carbocycles. The first-order valence-electron chi connectivity index (χ1n) is 11.3. The molecule has 0 aliphatic heterocycles. The van der Waals surface area contributed by atoms with Crippen LogP contribution < -0.4 is 10.1 Å². The van der Waals surface area contributed by atoms with E-state index in [1.165, 1.54) is 0 Å². The van der Waals surface area contributed by atoms with Crippen molar-refractivity contribution < 1.29 is 14.3 Å². The summed E-state index contributed by atoms with van der Waals surface area (Å²) in [6, 6.07) is 15.5. The van der Waals surface area contributed by atoms with Gasteiger partial charge in [-0.1, -0.05) is 55.3 Å². The molecule has 2 aromatic carbocycles. The van der Waals surface area contributed by atoms with Gasteiger partial charge in [-0.15, -0.1) is 0 Å². The average molecular weight is 423 g/mol. The minimum Gasteiger partial charge on any atom is -0.483 e. The third-order valence-electron chi connectivity index (χ3n) is 6.26. The summed E-state index contributed by atoms with van der Waals surface area (Å²) >= 11 is 0. The Morgan fingerprint density at radius 2 is 1.77 bits per heavy atom. The largest absolute Gasteiger partial charge is 0.483 e. The molecule has 0 spiro atoms. The molecule has 1 fully saturated rings. The maximum absolute atomic E-state index is 13.1. The van der Waals surface area contributed by atoms with Crippen molar-refractivity contribution in [2.24, 2.45) is 0 Å². The summed E-state index contributed by atoms with van der Waals surface area (Å²) in [5.41, 5.74) is 3.28. The minimum atomic E-state index is -0.543. The van der Waals surface area contributed by atoms with E-state index in [4.69, 9.17) is 4.74 Å². The zero-order chi connectivity index (χ0) is 22.2. The molecule has 5 nitrogen and oxygen atoms in total. The highest BCUT2D eigenvalue weighted by atomic mass is 16.5. The van der Waals surface area contributed by atoms with Crippen molar-refractivity contribution in [3.63, 3.8) is 0 Å². The van der Waals surface area contributed by atoms with Crippen molar-refractivity contribution in [1.82, 2.24) is 10.2 Å². The fraction of sp³-hybridized carbons (Fsp3) is 0.462. The van der Waals surface area contributed by atoms with Crippen molar-refractivity contribution in [3.8, 4) is 5.75 Å². The van der Waals surface area contributed by atoms with Gasteiger partial charge in [0.1, 0.15) is 11.8 Å². The van der Waals surface area contributed by atoms with Gasteiger partial charge in [0.05, 0.1) is 0 Å². The summed E-state index contributed by atoms with van der Waals surface area (Å²) < 4.78 is 5.85. The summed E-state index contributed by atoms with van der Waals surface area (Å²) in [5, 5.41) is 3.13. The number of carbonyl (C=O) groups excluding carboxylic acids is 2. The summed E-state index contributed by atoms with van der Waals surface area (Å²) in [5.74, 6) is 0.449. The van der Waals surface area contributed by atoms with E-state index < -0.39 is 6.04 Å². The number of rotatable bonds is 9. The summed E-state index contributed by atoms with van der Waals surface area (Å²) in [6.45, 7) is 6.20. The molecule has 0 saturated heterocycles. The maximum Gasteiger partial charge on any atom is 0.261 e. The van der Waals surface area contributed by atoms with E-state index in [9.17, 15) is 9.59 Å². The van der Waals surface area contributed by atoms with E-state index in [1.54, 1.807) is 4.90 Å². The van der Waals surface area contributed by atoms with Crippen LogP contribution in [0.2, 0.25) is 0 Å². The van der Waals surface area contributed by atoms with Crippen molar-refractivity contribution >= 4 is 11.8 Å². The SMILES string of the molecule is Cc1cccc(OCC(=O)N(CCc2ccccc2)C(C)C(=O)NC2CCCC2)c1C. The lowest BCUT2D eigenvalue weighted by Gasteiger charge is -2.29. The zero-order valence-corrected chi connectivity index (χ0v) is 18.9. The number of amides is 2. The van der Waals surface area contributed by atoms with Gasteiger partial charge in [-0.2, -0.15) is 0 Å². The van der Waals surface area contributed by atoms with Crippen LogP contribution in [0.4, 0.5) is 0 Å². The van der Waals surface area contributed by atoms with E-state index in [2.05, 4.69) is 5.32 Å². The number of ether oxygens (including phenoxy) is 1. The molecule has 2 aromatic rings. The van der Waals surface area contributed by atoms with Gasteiger partial charge in [-0.3, -0.25) is 9.59 Å². The van der Waals surface area contributed by atoms with E-state index >= 15 is 0 Å². The Kier molecular flexibility index (Phi) is 8.10. The van der Waals surface area contributed by atoms with Crippen molar-refractivity contribution in [2.45, 2.75) is 65.0 Å². The van der Waals surface area contributed by atoms with Crippen LogP contribution in [0.3, 0.4) is 0 Å². The first-order chi connectivity index (χ1) is 15.0. The van der Waals surface area contributed by atoms with Gasteiger partial charge in [-0.05, 0) is 62.8 Å². The van der Waals surface area contributed by atoms with Gasteiger partial charge in [0, 0.05) is 12.6 Å². The normalized spacial score (nSPS) is 14.8. The molecule has 5 heteroatoms. The van der Waals surface area contributed by atoms with Crippen LogP contribution in [-0.4, -0.2) is 41.9 Å². The first kappa shape index (κ1) is 22.9. The number of hydrogen-bond donors (Lipinski definition) is 1. The predicted octanol–water partition coefficient (Wildman–Crippen LogP) is 4.20. The third kappa shape index (κ3) is 6.33. The minimum absolute atomic E-state index is 0.0832. The zero-order valence-electron chi connectivity index (χ0n) is 18.9. The quantitative estimate of drug-likeness (QED) is 0.659. The Hall–Kier alpha value is -2.82. The molecule has 31 heavy (non-hydrogen) atoms. The van der Waals surface area contributed by atoms with E-state index in [0.717, 1.165) is 42.4 Å². The summed E-state index contributed by atoms with van der Waals surface area (Å²) in [4.78, 5) is 27.7. The van der Waals surface area contributed by atoms with E-state index in [0.29, 0.717) is 18.7 Å². The summed E-state index contributed by atoms with van der Waals surface area (Å²) in [6.07, 6.45) is 5.04. The predicted molar refractivity (Wildman–Crippen MR) is 123 cm³/mol. The van der Waals surface area contributed by atoms with Crippen molar-refractivity contribution in [2.75, 3.05) is 13.2 Å². The second-order valence-corrected chi connectivity index (χ2v) is 8.48. The molecule has 0 radical (unpaired) electrons. The molecule has 0 aromatic heterocycles. The van der Waals surface area contributed by atoms with Gasteiger partial charge < -0.3 is 15.0 Å². The van der Waals surface area contributed by atoms with Crippen LogP contribution in [0.1, 0.15) is 49.3 Å². The first-order valence-corrected chi connectivity index (χ1v) is 11.3. The van der Waals surface area contributed by atoms with Crippen LogP contribution in [0.25, 0.3) is 0 Å². The molecular weight excluding hydrogens is 388 g/mol. The third-order valence-corrected chi connectivity index (χ3v) is 6.26. The second kappa shape index (κ2) is 11.0.